The molecule has 0 saturated heterocycles. The summed E-state index contributed by atoms with van der Waals surface area (Å²) in [7, 11) is 6.95. The highest BCUT2D eigenvalue weighted by molar-refractivity contribution is 14.1. The lowest BCUT2D eigenvalue weighted by atomic mass is 10.3. The summed E-state index contributed by atoms with van der Waals surface area (Å²) in [4.78, 5) is 0. The average molecular weight is 336 g/mol. The van der Waals surface area contributed by atoms with Crippen LogP contribution in [0, 0.1) is 15.2 Å². The Morgan fingerprint density at radius 2 is 1.33 bits per heavy atom. The molecular formula is C6H6F2IP3. The van der Waals surface area contributed by atoms with Crippen LogP contribution in [0.3, 0.4) is 0 Å². The van der Waals surface area contributed by atoms with Gasteiger partial charge < -0.3 is 0 Å². The maximum Gasteiger partial charge on any atom is 0.173 e. The van der Waals surface area contributed by atoms with Crippen molar-refractivity contribution in [2.45, 2.75) is 0 Å². The van der Waals surface area contributed by atoms with E-state index in [4.69, 9.17) is 0 Å². The fourth-order valence-corrected chi connectivity index (χ4v) is 2.54. The van der Waals surface area contributed by atoms with Gasteiger partial charge in [0, 0.05) is 5.30 Å². The molecule has 1 aromatic carbocycles. The molecule has 3 atom stereocenters. The molecule has 1 rings (SSSR count). The molecule has 1 aromatic rings. The van der Waals surface area contributed by atoms with Crippen LogP contribution in [0.2, 0.25) is 0 Å². The number of halogens is 3. The summed E-state index contributed by atoms with van der Waals surface area (Å²) in [5, 5.41) is 1.63. The first-order valence-electron chi connectivity index (χ1n) is 2.93. The number of benzene rings is 1. The lowest BCUT2D eigenvalue weighted by Gasteiger charge is -2.08. The molecular weight excluding hydrogens is 330 g/mol. The molecule has 0 nitrogen and oxygen atoms in total. The highest BCUT2D eigenvalue weighted by Crippen LogP contribution is 2.14. The third-order valence-electron chi connectivity index (χ3n) is 1.44. The van der Waals surface area contributed by atoms with E-state index in [9.17, 15) is 8.78 Å². The predicted octanol–water partition coefficient (Wildman–Crippen LogP) is 1.07. The maximum absolute atomic E-state index is 13.0. The van der Waals surface area contributed by atoms with E-state index in [0.29, 0.717) is 14.2 Å². The molecule has 0 spiro atoms. The summed E-state index contributed by atoms with van der Waals surface area (Å²) < 4.78 is 26.3. The topological polar surface area (TPSA) is 0 Å². The molecule has 0 aromatic heterocycles. The van der Waals surface area contributed by atoms with E-state index in [1.54, 1.807) is 22.6 Å². The SMILES string of the molecule is Fc1c(F)c(I)c(P)c(P)c1P. The highest BCUT2D eigenvalue weighted by atomic mass is 127. The molecule has 0 saturated carbocycles. The second-order valence-corrected chi connectivity index (χ2v) is 4.99. The molecule has 0 aliphatic rings. The fourth-order valence-electron chi connectivity index (χ4n) is 0.714. The van der Waals surface area contributed by atoms with Gasteiger partial charge in [-0.05, 0) is 33.2 Å². The first-order chi connectivity index (χ1) is 5.46. The molecule has 0 amide bonds. The summed E-state index contributed by atoms with van der Waals surface area (Å²) in [5.74, 6) is -1.57. The Hall–Kier alpha value is 1.10. The molecule has 0 N–H and O–H groups in total. The molecule has 0 fully saturated rings. The van der Waals surface area contributed by atoms with Gasteiger partial charge in [0.05, 0.1) is 3.57 Å². The standard InChI is InChI=1S/C6H6F2IP3/c7-1-2(8)4(10)6(12)5(11)3(1)9/h10-12H2. The molecule has 0 bridgehead atoms. The lowest BCUT2D eigenvalue weighted by molar-refractivity contribution is 0.511. The number of hydrogen-bond donors (Lipinski definition) is 0. The van der Waals surface area contributed by atoms with E-state index in [2.05, 4.69) is 27.7 Å². The number of rotatable bonds is 0. The zero-order chi connectivity index (χ0) is 9.46. The largest absolute Gasteiger partial charge is 0.203 e. The minimum atomic E-state index is -0.791. The number of hydrogen-bond acceptors (Lipinski definition) is 0. The van der Waals surface area contributed by atoms with Gasteiger partial charge in [0.1, 0.15) is 0 Å². The summed E-state index contributed by atoms with van der Waals surface area (Å²) >= 11 is 1.78. The van der Waals surface area contributed by atoms with Crippen LogP contribution in [0.1, 0.15) is 0 Å². The van der Waals surface area contributed by atoms with Crippen LogP contribution < -0.4 is 15.9 Å². The summed E-state index contributed by atoms with van der Waals surface area (Å²) in [6.07, 6.45) is 0. The molecule has 6 heteroatoms. The van der Waals surface area contributed by atoms with E-state index in [1.165, 1.54) is 0 Å². The van der Waals surface area contributed by atoms with Crippen LogP contribution in [0.25, 0.3) is 0 Å². The van der Waals surface area contributed by atoms with Gasteiger partial charge in [0.2, 0.25) is 0 Å². The van der Waals surface area contributed by atoms with Crippen LogP contribution in [-0.2, 0) is 0 Å². The fraction of sp³-hybridized carbons (Fsp3) is 0. The Labute approximate surface area is 90.0 Å². The van der Waals surface area contributed by atoms with Crippen molar-refractivity contribution >= 4 is 66.2 Å². The second-order valence-electron chi connectivity index (χ2n) is 2.18. The summed E-state index contributed by atoms with van der Waals surface area (Å²) in [6, 6.07) is 0. The lowest BCUT2D eigenvalue weighted by Crippen LogP contribution is -2.30. The van der Waals surface area contributed by atoms with E-state index < -0.39 is 11.6 Å². The van der Waals surface area contributed by atoms with Crippen molar-refractivity contribution < 1.29 is 8.78 Å². The molecule has 0 heterocycles. The van der Waals surface area contributed by atoms with E-state index in [-0.39, 0.29) is 5.30 Å². The zero-order valence-corrected chi connectivity index (χ0v) is 11.5. The Balaban J connectivity index is 3.60. The van der Waals surface area contributed by atoms with Gasteiger partial charge >= 0.3 is 0 Å². The van der Waals surface area contributed by atoms with Gasteiger partial charge in [0.15, 0.2) is 11.6 Å². The molecule has 3 unspecified atom stereocenters. The van der Waals surface area contributed by atoms with Crippen molar-refractivity contribution in [1.82, 2.24) is 0 Å². The third kappa shape index (κ3) is 1.80. The van der Waals surface area contributed by atoms with E-state index in [0.717, 1.165) is 0 Å². The smallest absolute Gasteiger partial charge is 0.173 e. The molecule has 12 heavy (non-hydrogen) atoms. The molecule has 0 aliphatic carbocycles. The normalized spacial score (nSPS) is 10.5. The van der Waals surface area contributed by atoms with Crippen LogP contribution in [0.4, 0.5) is 8.78 Å². The van der Waals surface area contributed by atoms with Crippen molar-refractivity contribution in [3.63, 3.8) is 0 Å². The van der Waals surface area contributed by atoms with Gasteiger partial charge in [-0.1, -0.05) is 0 Å². The first kappa shape index (κ1) is 11.2. The van der Waals surface area contributed by atoms with Crippen molar-refractivity contribution in [3.05, 3.63) is 15.2 Å². The zero-order valence-electron chi connectivity index (χ0n) is 5.87. The summed E-state index contributed by atoms with van der Waals surface area (Å²) in [5.41, 5.74) is 0. The molecule has 66 valence electrons. The van der Waals surface area contributed by atoms with Crippen LogP contribution >= 0.6 is 50.3 Å². The van der Waals surface area contributed by atoms with Gasteiger partial charge in [-0.2, -0.15) is 0 Å². The van der Waals surface area contributed by atoms with E-state index in [1.807, 2.05) is 0 Å². The van der Waals surface area contributed by atoms with Gasteiger partial charge in [-0.3, -0.25) is 0 Å². The summed E-state index contributed by atoms with van der Waals surface area (Å²) in [6.45, 7) is 0. The van der Waals surface area contributed by atoms with Crippen molar-refractivity contribution in [1.29, 1.82) is 0 Å². The quantitative estimate of drug-likeness (QED) is 0.378. The van der Waals surface area contributed by atoms with Crippen molar-refractivity contribution in [3.8, 4) is 0 Å². The third-order valence-corrected chi connectivity index (χ3v) is 5.53. The molecule has 0 radical (unpaired) electrons. The van der Waals surface area contributed by atoms with Gasteiger partial charge in [0.25, 0.3) is 0 Å². The van der Waals surface area contributed by atoms with Crippen molar-refractivity contribution in [2.24, 2.45) is 0 Å². The predicted molar refractivity (Wildman–Crippen MR) is 67.1 cm³/mol. The second kappa shape index (κ2) is 4.09. The Morgan fingerprint density at radius 1 is 0.833 bits per heavy atom. The minimum absolute atomic E-state index is 0.267. The maximum atomic E-state index is 13.0. The van der Waals surface area contributed by atoms with E-state index >= 15 is 0 Å². The average Bonchev–Trinajstić information content (AvgIpc) is 2.08. The Morgan fingerprint density at radius 3 is 1.83 bits per heavy atom. The van der Waals surface area contributed by atoms with Crippen molar-refractivity contribution in [2.75, 3.05) is 0 Å². The van der Waals surface area contributed by atoms with Crippen LogP contribution in [0.15, 0.2) is 0 Å². The minimum Gasteiger partial charge on any atom is -0.203 e. The van der Waals surface area contributed by atoms with Gasteiger partial charge in [-0.15, -0.1) is 27.7 Å². The Kier molecular flexibility index (Phi) is 3.81. The van der Waals surface area contributed by atoms with Gasteiger partial charge in [-0.25, -0.2) is 8.78 Å². The Bertz CT molecular complexity index is 235. The van der Waals surface area contributed by atoms with Crippen LogP contribution in [0.5, 0.6) is 0 Å². The monoisotopic (exact) mass is 336 g/mol. The highest BCUT2D eigenvalue weighted by Gasteiger charge is 2.15. The molecule has 0 aliphatic heterocycles. The van der Waals surface area contributed by atoms with Crippen LogP contribution in [-0.4, -0.2) is 0 Å². The first-order valence-corrected chi connectivity index (χ1v) is 5.74.